The monoisotopic (exact) mass is 245 g/mol. The van der Waals surface area contributed by atoms with Crippen molar-refractivity contribution in [3.63, 3.8) is 0 Å². The molecule has 16 heavy (non-hydrogen) atoms. The first-order chi connectivity index (χ1) is 7.59. The molecule has 0 aromatic heterocycles. The zero-order chi connectivity index (χ0) is 11.7. The molecule has 1 aromatic carbocycles. The summed E-state index contributed by atoms with van der Waals surface area (Å²) < 4.78 is 24.5. The third-order valence-electron chi connectivity index (χ3n) is 2.33. The molecule has 0 radical (unpaired) electrons. The number of rotatable bonds is 2. The Morgan fingerprint density at radius 1 is 1.50 bits per heavy atom. The van der Waals surface area contributed by atoms with E-state index in [9.17, 15) is 4.39 Å². The van der Waals surface area contributed by atoms with Crippen LogP contribution in [0.3, 0.4) is 0 Å². The van der Waals surface area contributed by atoms with Crippen LogP contribution in [0.25, 0.3) is 0 Å². The Bertz CT molecular complexity index is 409. The number of hydrogen-bond donors (Lipinski definition) is 1. The summed E-state index contributed by atoms with van der Waals surface area (Å²) in [6.45, 7) is 2.65. The summed E-state index contributed by atoms with van der Waals surface area (Å²) >= 11 is 5.88. The van der Waals surface area contributed by atoms with Crippen LogP contribution in [0.15, 0.2) is 6.07 Å². The molecule has 0 spiro atoms. The van der Waals surface area contributed by atoms with E-state index in [4.69, 9.17) is 26.8 Å². The lowest BCUT2D eigenvalue weighted by Gasteiger charge is -2.21. The van der Waals surface area contributed by atoms with Crippen molar-refractivity contribution in [3.05, 3.63) is 22.5 Å². The number of ether oxygens (including phenoxy) is 2. The molecule has 1 aliphatic heterocycles. The van der Waals surface area contributed by atoms with Crippen LogP contribution < -0.4 is 15.2 Å². The molecule has 0 fully saturated rings. The van der Waals surface area contributed by atoms with Crippen LogP contribution in [-0.4, -0.2) is 19.3 Å². The summed E-state index contributed by atoms with van der Waals surface area (Å²) in [4.78, 5) is 0. The average Bonchev–Trinajstić information content (AvgIpc) is 2.25. The highest BCUT2D eigenvalue weighted by Gasteiger charge is 2.22. The van der Waals surface area contributed by atoms with E-state index in [0.717, 1.165) is 0 Å². The third kappa shape index (κ3) is 2.08. The number of nitrogens with two attached hydrogens (primary N) is 1. The van der Waals surface area contributed by atoms with Gasteiger partial charge in [0.25, 0.3) is 0 Å². The van der Waals surface area contributed by atoms with Crippen LogP contribution in [0.4, 0.5) is 4.39 Å². The molecule has 2 N–H and O–H groups in total. The summed E-state index contributed by atoms with van der Waals surface area (Å²) in [5.74, 6) is 0.315. The largest absolute Gasteiger partial charge is 0.486 e. The van der Waals surface area contributed by atoms with Crippen LogP contribution in [0.2, 0.25) is 5.02 Å². The SMILES string of the molecule is CC(N)Cc1cc2c(c(Cl)c1F)OCCO2. The van der Waals surface area contributed by atoms with Crippen molar-refractivity contribution in [2.45, 2.75) is 19.4 Å². The van der Waals surface area contributed by atoms with Crippen LogP contribution in [0.5, 0.6) is 11.5 Å². The molecule has 0 saturated carbocycles. The molecule has 0 amide bonds. The van der Waals surface area contributed by atoms with Crippen molar-refractivity contribution in [1.82, 2.24) is 0 Å². The molecule has 1 heterocycles. The van der Waals surface area contributed by atoms with Gasteiger partial charge in [-0.25, -0.2) is 4.39 Å². The topological polar surface area (TPSA) is 44.5 Å². The van der Waals surface area contributed by atoms with Gasteiger partial charge in [0, 0.05) is 6.04 Å². The first-order valence-corrected chi connectivity index (χ1v) is 5.49. The molecule has 1 unspecified atom stereocenters. The van der Waals surface area contributed by atoms with Gasteiger partial charge in [-0.3, -0.25) is 0 Å². The number of hydrogen-bond acceptors (Lipinski definition) is 3. The first-order valence-electron chi connectivity index (χ1n) is 5.11. The Morgan fingerprint density at radius 2 is 2.19 bits per heavy atom. The van der Waals surface area contributed by atoms with E-state index >= 15 is 0 Å². The lowest BCUT2D eigenvalue weighted by molar-refractivity contribution is 0.170. The molecule has 1 aromatic rings. The first kappa shape index (κ1) is 11.5. The number of halogens is 2. The molecule has 1 aliphatic rings. The maximum absolute atomic E-state index is 13.8. The van der Waals surface area contributed by atoms with Gasteiger partial charge in [0.05, 0.1) is 0 Å². The predicted molar refractivity (Wildman–Crippen MR) is 59.8 cm³/mol. The fraction of sp³-hybridized carbons (Fsp3) is 0.455. The molecular formula is C11H13ClFNO2. The molecule has 2 rings (SSSR count). The lowest BCUT2D eigenvalue weighted by Crippen LogP contribution is -2.20. The Kier molecular flexibility index (Phi) is 3.21. The van der Waals surface area contributed by atoms with Gasteiger partial charge < -0.3 is 15.2 Å². The van der Waals surface area contributed by atoms with Gasteiger partial charge in [-0.15, -0.1) is 0 Å². The molecule has 0 aliphatic carbocycles. The highest BCUT2D eigenvalue weighted by Crippen LogP contribution is 2.40. The summed E-state index contributed by atoms with van der Waals surface area (Å²) in [5.41, 5.74) is 6.10. The zero-order valence-electron chi connectivity index (χ0n) is 8.93. The minimum absolute atomic E-state index is 0.0205. The fourth-order valence-corrected chi connectivity index (χ4v) is 1.94. The van der Waals surface area contributed by atoms with Crippen molar-refractivity contribution < 1.29 is 13.9 Å². The summed E-state index contributed by atoms with van der Waals surface area (Å²) in [6, 6.07) is 1.48. The van der Waals surface area contributed by atoms with Crippen molar-refractivity contribution in [1.29, 1.82) is 0 Å². The van der Waals surface area contributed by atoms with Gasteiger partial charge in [0.15, 0.2) is 11.5 Å². The standard InChI is InChI=1S/C11H13ClFNO2/c1-6(14)4-7-5-8-11(9(12)10(7)13)16-3-2-15-8/h5-6H,2-4,14H2,1H3. The van der Waals surface area contributed by atoms with Crippen molar-refractivity contribution >= 4 is 11.6 Å². The zero-order valence-corrected chi connectivity index (χ0v) is 9.68. The molecule has 0 saturated heterocycles. The lowest BCUT2D eigenvalue weighted by atomic mass is 10.1. The second-order valence-electron chi connectivity index (χ2n) is 3.87. The van der Waals surface area contributed by atoms with E-state index in [-0.39, 0.29) is 11.1 Å². The third-order valence-corrected chi connectivity index (χ3v) is 2.67. The second-order valence-corrected chi connectivity index (χ2v) is 4.25. The quantitative estimate of drug-likeness (QED) is 0.868. The Morgan fingerprint density at radius 3 is 2.88 bits per heavy atom. The van der Waals surface area contributed by atoms with Gasteiger partial charge in [-0.2, -0.15) is 0 Å². The van der Waals surface area contributed by atoms with E-state index in [1.165, 1.54) is 0 Å². The maximum Gasteiger partial charge on any atom is 0.182 e. The van der Waals surface area contributed by atoms with Crippen LogP contribution in [0, 0.1) is 5.82 Å². The second kappa shape index (κ2) is 4.47. The van der Waals surface area contributed by atoms with Gasteiger partial charge in [0.2, 0.25) is 0 Å². The smallest absolute Gasteiger partial charge is 0.182 e. The van der Waals surface area contributed by atoms with Gasteiger partial charge >= 0.3 is 0 Å². The van der Waals surface area contributed by atoms with Crippen molar-refractivity contribution in [2.24, 2.45) is 5.73 Å². The van der Waals surface area contributed by atoms with Crippen molar-refractivity contribution in [2.75, 3.05) is 13.2 Å². The molecule has 5 heteroatoms. The average molecular weight is 246 g/mol. The van der Waals surface area contributed by atoms with Crippen LogP contribution in [0.1, 0.15) is 12.5 Å². The molecule has 3 nitrogen and oxygen atoms in total. The van der Waals surface area contributed by atoms with Crippen LogP contribution >= 0.6 is 11.6 Å². The van der Waals surface area contributed by atoms with E-state index in [2.05, 4.69) is 0 Å². The van der Waals surface area contributed by atoms with E-state index in [0.29, 0.717) is 36.7 Å². The Hall–Kier alpha value is -1.00. The molecule has 0 bridgehead atoms. The van der Waals surface area contributed by atoms with E-state index in [1.807, 2.05) is 6.92 Å². The fourth-order valence-electron chi connectivity index (χ4n) is 1.67. The minimum atomic E-state index is -0.469. The van der Waals surface area contributed by atoms with E-state index in [1.54, 1.807) is 6.07 Å². The highest BCUT2D eigenvalue weighted by molar-refractivity contribution is 6.32. The van der Waals surface area contributed by atoms with Gasteiger partial charge in [0.1, 0.15) is 24.1 Å². The van der Waals surface area contributed by atoms with E-state index < -0.39 is 5.82 Å². The Labute approximate surface area is 98.3 Å². The predicted octanol–water partition coefficient (Wildman–Crippen LogP) is 2.14. The molecular weight excluding hydrogens is 233 g/mol. The summed E-state index contributed by atoms with van der Waals surface area (Å²) in [6.07, 6.45) is 0.419. The Balaban J connectivity index is 2.44. The number of fused-ring (bicyclic) bond motifs is 1. The van der Waals surface area contributed by atoms with Gasteiger partial charge in [-0.1, -0.05) is 11.6 Å². The normalized spacial score (nSPS) is 16.0. The highest BCUT2D eigenvalue weighted by atomic mass is 35.5. The number of benzene rings is 1. The van der Waals surface area contributed by atoms with Gasteiger partial charge in [-0.05, 0) is 25.0 Å². The van der Waals surface area contributed by atoms with Crippen LogP contribution in [-0.2, 0) is 6.42 Å². The van der Waals surface area contributed by atoms with Crippen molar-refractivity contribution in [3.8, 4) is 11.5 Å². The minimum Gasteiger partial charge on any atom is -0.486 e. The summed E-state index contributed by atoms with van der Waals surface area (Å²) in [7, 11) is 0. The summed E-state index contributed by atoms with van der Waals surface area (Å²) in [5, 5.41) is -0.0205. The molecule has 88 valence electrons. The molecule has 1 atom stereocenters. The maximum atomic E-state index is 13.8.